The van der Waals surface area contributed by atoms with Crippen molar-refractivity contribution in [2.75, 3.05) is 13.1 Å². The molecule has 3 atom stereocenters. The van der Waals surface area contributed by atoms with Crippen LogP contribution in [0.25, 0.3) is 0 Å². The van der Waals surface area contributed by atoms with E-state index >= 15 is 0 Å². The number of morpholine rings is 1. The van der Waals surface area contributed by atoms with Gasteiger partial charge in [-0.2, -0.15) is 17.4 Å². The monoisotopic (exact) mass is 382 g/mol. The first kappa shape index (κ1) is 19.0. The number of nitrogens with zero attached hydrogens (tertiary/aromatic N) is 3. The average molecular weight is 382 g/mol. The number of nitrogens with one attached hydrogen (secondary N) is 1. The first-order valence-electron chi connectivity index (χ1n) is 8.42. The summed E-state index contributed by atoms with van der Waals surface area (Å²) in [6, 6.07) is 5.05. The minimum absolute atomic E-state index is 0.198. The Morgan fingerprint density at radius 2 is 2.00 bits per heavy atom. The smallest absolute Gasteiger partial charge is 0.280 e. The number of ether oxygens (including phenoxy) is 1. The van der Waals surface area contributed by atoms with Crippen LogP contribution in [-0.4, -0.2) is 47.6 Å². The van der Waals surface area contributed by atoms with Gasteiger partial charge in [0.05, 0.1) is 12.2 Å². The normalized spacial score (nSPS) is 23.1. The molecule has 1 aromatic carbocycles. The second-order valence-electron chi connectivity index (χ2n) is 6.58. The zero-order chi connectivity index (χ0) is 18.9. The summed E-state index contributed by atoms with van der Waals surface area (Å²) in [6.07, 6.45) is 2.90. The van der Waals surface area contributed by atoms with Gasteiger partial charge in [-0.05, 0) is 31.5 Å². The average Bonchev–Trinajstić information content (AvgIpc) is 2.97. The van der Waals surface area contributed by atoms with Gasteiger partial charge in [0.2, 0.25) is 0 Å². The number of halogens is 1. The molecule has 9 heteroatoms. The Kier molecular flexibility index (Phi) is 5.42. The molecule has 26 heavy (non-hydrogen) atoms. The van der Waals surface area contributed by atoms with E-state index in [1.807, 2.05) is 13.8 Å². The van der Waals surface area contributed by atoms with E-state index in [-0.39, 0.29) is 25.3 Å². The molecular formula is C17H23FN4O3S. The van der Waals surface area contributed by atoms with Crippen LogP contribution in [0.3, 0.4) is 0 Å². The van der Waals surface area contributed by atoms with Crippen molar-refractivity contribution < 1.29 is 17.5 Å². The molecule has 0 bridgehead atoms. The van der Waals surface area contributed by atoms with Crippen molar-refractivity contribution in [3.8, 4) is 0 Å². The van der Waals surface area contributed by atoms with Crippen LogP contribution in [0.5, 0.6) is 0 Å². The Morgan fingerprint density at radius 1 is 1.31 bits per heavy atom. The molecule has 1 fully saturated rings. The van der Waals surface area contributed by atoms with Crippen molar-refractivity contribution in [3.05, 3.63) is 53.9 Å². The lowest BCUT2D eigenvalue weighted by Crippen LogP contribution is -2.52. The third-order valence-corrected chi connectivity index (χ3v) is 5.80. The lowest BCUT2D eigenvalue weighted by Gasteiger charge is -2.35. The second-order valence-corrected chi connectivity index (χ2v) is 8.28. The van der Waals surface area contributed by atoms with E-state index in [4.69, 9.17) is 4.74 Å². The van der Waals surface area contributed by atoms with Gasteiger partial charge in [0, 0.05) is 32.5 Å². The first-order chi connectivity index (χ1) is 12.3. The molecule has 1 aliphatic rings. The second kappa shape index (κ2) is 7.43. The van der Waals surface area contributed by atoms with Crippen LogP contribution in [0.2, 0.25) is 0 Å². The van der Waals surface area contributed by atoms with Crippen molar-refractivity contribution in [3.63, 3.8) is 0 Å². The van der Waals surface area contributed by atoms with Crippen LogP contribution in [0, 0.1) is 5.82 Å². The molecule has 0 amide bonds. The third-order valence-electron chi connectivity index (χ3n) is 4.29. The van der Waals surface area contributed by atoms with Crippen LogP contribution in [0.15, 0.2) is 36.7 Å². The molecule has 0 saturated carbocycles. The van der Waals surface area contributed by atoms with Crippen LogP contribution < -0.4 is 4.72 Å². The minimum atomic E-state index is -3.82. The minimum Gasteiger partial charge on any atom is -0.373 e. The van der Waals surface area contributed by atoms with Gasteiger partial charge in [0.25, 0.3) is 10.2 Å². The van der Waals surface area contributed by atoms with Crippen LogP contribution in [0.4, 0.5) is 4.39 Å². The number of aromatic nitrogens is 2. The van der Waals surface area contributed by atoms with Crippen molar-refractivity contribution in [1.82, 2.24) is 18.6 Å². The van der Waals surface area contributed by atoms with Gasteiger partial charge in [0.1, 0.15) is 17.7 Å². The summed E-state index contributed by atoms with van der Waals surface area (Å²) in [7, 11) is -2.06. The number of imidazole rings is 1. The van der Waals surface area contributed by atoms with E-state index in [1.165, 1.54) is 16.4 Å². The fourth-order valence-corrected chi connectivity index (χ4v) is 4.66. The number of hydrogen-bond donors (Lipinski definition) is 1. The molecule has 1 N–H and O–H groups in total. The molecule has 2 heterocycles. The van der Waals surface area contributed by atoms with Crippen LogP contribution in [-0.2, 0) is 22.0 Å². The van der Waals surface area contributed by atoms with Gasteiger partial charge in [-0.3, -0.25) is 0 Å². The molecule has 1 aromatic heterocycles. The van der Waals surface area contributed by atoms with E-state index < -0.39 is 22.1 Å². The zero-order valence-corrected chi connectivity index (χ0v) is 15.8. The Hall–Kier alpha value is -1.81. The molecule has 0 spiro atoms. The van der Waals surface area contributed by atoms with E-state index in [0.717, 1.165) is 0 Å². The Morgan fingerprint density at radius 3 is 2.58 bits per heavy atom. The fraction of sp³-hybridized carbons (Fsp3) is 0.471. The van der Waals surface area contributed by atoms with E-state index in [0.29, 0.717) is 11.4 Å². The van der Waals surface area contributed by atoms with Crippen molar-refractivity contribution in [2.24, 2.45) is 7.05 Å². The van der Waals surface area contributed by atoms with Crippen LogP contribution >= 0.6 is 0 Å². The maximum absolute atomic E-state index is 13.7. The molecule has 142 valence electrons. The molecule has 3 unspecified atom stereocenters. The van der Waals surface area contributed by atoms with Crippen molar-refractivity contribution in [2.45, 2.75) is 32.1 Å². The summed E-state index contributed by atoms with van der Waals surface area (Å²) in [4.78, 5) is 4.25. The highest BCUT2D eigenvalue weighted by molar-refractivity contribution is 7.87. The highest BCUT2D eigenvalue weighted by Crippen LogP contribution is 2.24. The summed E-state index contributed by atoms with van der Waals surface area (Å²) in [6.45, 7) is 4.19. The summed E-state index contributed by atoms with van der Waals surface area (Å²) < 4.78 is 51.1. The van der Waals surface area contributed by atoms with Crippen molar-refractivity contribution >= 4 is 10.2 Å². The number of benzene rings is 1. The van der Waals surface area contributed by atoms with E-state index in [1.54, 1.807) is 36.1 Å². The number of hydrogen-bond acceptors (Lipinski definition) is 4. The molecule has 2 aromatic rings. The maximum atomic E-state index is 13.7. The lowest BCUT2D eigenvalue weighted by molar-refractivity contribution is -0.0444. The molecule has 0 aliphatic carbocycles. The molecule has 3 rings (SSSR count). The van der Waals surface area contributed by atoms with E-state index in [9.17, 15) is 12.8 Å². The summed E-state index contributed by atoms with van der Waals surface area (Å²) in [5.41, 5.74) is 0.484. The highest BCUT2D eigenvalue weighted by Gasteiger charge is 2.34. The lowest BCUT2D eigenvalue weighted by atomic mass is 10.1. The maximum Gasteiger partial charge on any atom is 0.280 e. The highest BCUT2D eigenvalue weighted by atomic mass is 32.2. The fourth-order valence-electron chi connectivity index (χ4n) is 3.16. The number of aryl methyl sites for hydroxylation is 1. The van der Waals surface area contributed by atoms with Gasteiger partial charge in [-0.25, -0.2) is 9.37 Å². The Bertz CT molecular complexity index is 860. The van der Waals surface area contributed by atoms with Crippen LogP contribution in [0.1, 0.15) is 31.3 Å². The quantitative estimate of drug-likeness (QED) is 0.852. The SMILES string of the molecule is CC1CN(S(=O)(=O)NC(c2cccc(F)c2)c2nccn2C)CC(C)O1. The third kappa shape index (κ3) is 4.12. The van der Waals surface area contributed by atoms with Gasteiger partial charge in [-0.1, -0.05) is 12.1 Å². The largest absolute Gasteiger partial charge is 0.373 e. The summed E-state index contributed by atoms with van der Waals surface area (Å²) >= 11 is 0. The summed E-state index contributed by atoms with van der Waals surface area (Å²) in [5.74, 6) is 0.0445. The van der Waals surface area contributed by atoms with Gasteiger partial charge in [-0.15, -0.1) is 0 Å². The summed E-state index contributed by atoms with van der Waals surface area (Å²) in [5, 5.41) is 0. The topological polar surface area (TPSA) is 76.5 Å². The van der Waals surface area contributed by atoms with E-state index in [2.05, 4.69) is 9.71 Å². The molecule has 1 aliphatic heterocycles. The standard InChI is InChI=1S/C17H23FN4O3S/c1-12-10-22(11-13(2)25-12)26(23,24)20-16(17-19-7-8-21(17)3)14-5-4-6-15(18)9-14/h4-9,12-13,16,20H,10-11H2,1-3H3. The Balaban J connectivity index is 1.94. The predicted octanol–water partition coefficient (Wildman–Crippen LogP) is 1.59. The first-order valence-corrected chi connectivity index (χ1v) is 9.86. The van der Waals surface area contributed by atoms with Gasteiger partial charge >= 0.3 is 0 Å². The molecular weight excluding hydrogens is 359 g/mol. The van der Waals surface area contributed by atoms with Crippen molar-refractivity contribution in [1.29, 1.82) is 0 Å². The van der Waals surface area contributed by atoms with Gasteiger partial charge in [0.15, 0.2) is 0 Å². The molecule has 0 radical (unpaired) electrons. The molecule has 1 saturated heterocycles. The molecule has 7 nitrogen and oxygen atoms in total. The zero-order valence-electron chi connectivity index (χ0n) is 15.0. The van der Waals surface area contributed by atoms with Gasteiger partial charge < -0.3 is 9.30 Å². The number of rotatable bonds is 5. The predicted molar refractivity (Wildman–Crippen MR) is 95.1 cm³/mol. The Labute approximate surface area is 153 Å².